The number of carbonyl (C=O) groups is 1. The second-order valence-electron chi connectivity index (χ2n) is 6.58. The van der Waals surface area contributed by atoms with Crippen LogP contribution in [0.3, 0.4) is 0 Å². The van der Waals surface area contributed by atoms with E-state index >= 15 is 0 Å². The van der Waals surface area contributed by atoms with Crippen molar-refractivity contribution in [3.63, 3.8) is 0 Å². The third-order valence-corrected chi connectivity index (χ3v) is 4.39. The summed E-state index contributed by atoms with van der Waals surface area (Å²) in [5.74, 6) is 1.15. The Morgan fingerprint density at radius 3 is 2.33 bits per heavy atom. The molecule has 1 unspecified atom stereocenters. The highest BCUT2D eigenvalue weighted by Gasteiger charge is 2.14. The van der Waals surface area contributed by atoms with Crippen molar-refractivity contribution >= 4 is 12.0 Å². The van der Waals surface area contributed by atoms with Gasteiger partial charge in [-0.25, -0.2) is 0 Å². The molecule has 2 rings (SSSR count). The molecule has 0 aliphatic heterocycles. The summed E-state index contributed by atoms with van der Waals surface area (Å²) in [5.41, 5.74) is 3.26. The van der Waals surface area contributed by atoms with Gasteiger partial charge in [-0.15, -0.1) is 0 Å². The van der Waals surface area contributed by atoms with Gasteiger partial charge in [0.15, 0.2) is 11.5 Å². The maximum absolute atomic E-state index is 12.2. The predicted octanol–water partition coefficient (Wildman–Crippen LogP) is 3.44. The van der Waals surface area contributed by atoms with Crippen molar-refractivity contribution in [2.45, 2.75) is 13.0 Å². The molecule has 1 N–H and O–H groups in total. The van der Waals surface area contributed by atoms with Gasteiger partial charge in [-0.3, -0.25) is 4.79 Å². The first-order valence-corrected chi connectivity index (χ1v) is 8.85. The number of hydrogen-bond donors (Lipinski definition) is 1. The van der Waals surface area contributed by atoms with Gasteiger partial charge in [-0.05, 0) is 50.4 Å². The van der Waals surface area contributed by atoms with Gasteiger partial charge in [0.2, 0.25) is 5.91 Å². The zero-order valence-electron chi connectivity index (χ0n) is 16.7. The van der Waals surface area contributed by atoms with Gasteiger partial charge < -0.3 is 19.7 Å². The number of rotatable bonds is 8. The molecule has 0 radical (unpaired) electrons. The first-order valence-electron chi connectivity index (χ1n) is 8.85. The fourth-order valence-corrected chi connectivity index (χ4v) is 2.77. The minimum Gasteiger partial charge on any atom is -0.493 e. The van der Waals surface area contributed by atoms with Crippen LogP contribution in [-0.4, -0.2) is 45.7 Å². The summed E-state index contributed by atoms with van der Waals surface area (Å²) < 4.78 is 10.5. The monoisotopic (exact) mass is 368 g/mol. The number of methoxy groups -OCH3 is 2. The van der Waals surface area contributed by atoms with Crippen molar-refractivity contribution in [1.82, 2.24) is 10.2 Å². The van der Waals surface area contributed by atoms with Crippen molar-refractivity contribution in [3.8, 4) is 11.5 Å². The number of nitrogens with one attached hydrogen (secondary N) is 1. The summed E-state index contributed by atoms with van der Waals surface area (Å²) in [5, 5.41) is 2.98. The average molecular weight is 368 g/mol. The highest BCUT2D eigenvalue weighted by atomic mass is 16.5. The van der Waals surface area contributed by atoms with Crippen molar-refractivity contribution in [2.75, 3.05) is 34.9 Å². The third kappa shape index (κ3) is 5.86. The molecule has 27 heavy (non-hydrogen) atoms. The van der Waals surface area contributed by atoms with Gasteiger partial charge in [0.1, 0.15) is 0 Å². The van der Waals surface area contributed by atoms with Crippen molar-refractivity contribution in [2.24, 2.45) is 0 Å². The number of aryl methyl sites for hydroxylation is 1. The number of carbonyl (C=O) groups excluding carboxylic acids is 1. The van der Waals surface area contributed by atoms with Gasteiger partial charge >= 0.3 is 0 Å². The second kappa shape index (κ2) is 9.78. The SMILES string of the molecule is COc1ccc(/C=C/C(=O)NCC(c2ccc(C)cc2)N(C)C)cc1OC. The lowest BCUT2D eigenvalue weighted by atomic mass is 10.0. The lowest BCUT2D eigenvalue weighted by molar-refractivity contribution is -0.116. The quantitative estimate of drug-likeness (QED) is 0.725. The van der Waals surface area contributed by atoms with E-state index in [1.54, 1.807) is 20.3 Å². The largest absolute Gasteiger partial charge is 0.493 e. The van der Waals surface area contributed by atoms with Crippen LogP contribution in [0.15, 0.2) is 48.5 Å². The molecule has 5 heteroatoms. The van der Waals surface area contributed by atoms with Crippen molar-refractivity contribution in [3.05, 3.63) is 65.2 Å². The highest BCUT2D eigenvalue weighted by molar-refractivity contribution is 5.91. The number of hydrogen-bond acceptors (Lipinski definition) is 4. The van der Waals surface area contributed by atoms with Crippen LogP contribution in [0.1, 0.15) is 22.7 Å². The van der Waals surface area contributed by atoms with E-state index in [0.717, 1.165) is 5.56 Å². The Labute approximate surface area is 161 Å². The lowest BCUT2D eigenvalue weighted by Crippen LogP contribution is -2.33. The molecule has 0 saturated carbocycles. The van der Waals surface area contributed by atoms with Gasteiger partial charge in [0, 0.05) is 12.6 Å². The zero-order chi connectivity index (χ0) is 19.8. The summed E-state index contributed by atoms with van der Waals surface area (Å²) in [6.45, 7) is 2.60. The molecule has 2 aromatic rings. The molecular formula is C22H28N2O3. The van der Waals surface area contributed by atoms with Crippen LogP contribution in [-0.2, 0) is 4.79 Å². The van der Waals surface area contributed by atoms with E-state index in [1.807, 2.05) is 32.3 Å². The van der Waals surface area contributed by atoms with Crippen LogP contribution >= 0.6 is 0 Å². The molecule has 144 valence electrons. The van der Waals surface area contributed by atoms with Crippen LogP contribution in [0.2, 0.25) is 0 Å². The minimum absolute atomic E-state index is 0.115. The number of likely N-dealkylation sites (N-methyl/N-ethyl adjacent to an activating group) is 1. The molecular weight excluding hydrogens is 340 g/mol. The van der Waals surface area contributed by atoms with Gasteiger partial charge in [0.05, 0.1) is 20.3 Å². The molecule has 0 heterocycles. The molecule has 0 bridgehead atoms. The van der Waals surface area contributed by atoms with E-state index in [-0.39, 0.29) is 11.9 Å². The zero-order valence-corrected chi connectivity index (χ0v) is 16.7. The van der Waals surface area contributed by atoms with E-state index in [1.165, 1.54) is 17.2 Å². The Balaban J connectivity index is 1.99. The van der Waals surface area contributed by atoms with Crippen molar-refractivity contribution < 1.29 is 14.3 Å². The summed E-state index contributed by atoms with van der Waals surface area (Å²) >= 11 is 0. The highest BCUT2D eigenvalue weighted by Crippen LogP contribution is 2.28. The normalized spacial score (nSPS) is 12.2. The molecule has 1 atom stereocenters. The Bertz CT molecular complexity index is 783. The van der Waals surface area contributed by atoms with E-state index in [4.69, 9.17) is 9.47 Å². The van der Waals surface area contributed by atoms with Crippen LogP contribution in [0.25, 0.3) is 6.08 Å². The van der Waals surface area contributed by atoms with Gasteiger partial charge in [-0.1, -0.05) is 35.9 Å². The average Bonchev–Trinajstić information content (AvgIpc) is 2.67. The summed E-state index contributed by atoms with van der Waals surface area (Å²) in [4.78, 5) is 14.3. The van der Waals surface area contributed by atoms with Crippen LogP contribution < -0.4 is 14.8 Å². The number of ether oxygens (including phenoxy) is 2. The fraction of sp³-hybridized carbons (Fsp3) is 0.318. The molecule has 0 fully saturated rings. The summed E-state index contributed by atoms with van der Waals surface area (Å²) in [6, 6.07) is 14.0. The molecule has 0 aromatic heterocycles. The Kier molecular flexibility index (Phi) is 7.44. The van der Waals surface area contributed by atoms with Crippen LogP contribution in [0, 0.1) is 6.92 Å². The smallest absolute Gasteiger partial charge is 0.244 e. The Hall–Kier alpha value is -2.79. The van der Waals surface area contributed by atoms with E-state index < -0.39 is 0 Å². The molecule has 0 aliphatic rings. The molecule has 0 spiro atoms. The first-order chi connectivity index (χ1) is 12.9. The summed E-state index contributed by atoms with van der Waals surface area (Å²) in [7, 11) is 7.20. The van der Waals surface area contributed by atoms with E-state index in [9.17, 15) is 4.79 Å². The minimum atomic E-state index is -0.135. The number of amides is 1. The number of nitrogens with zero attached hydrogens (tertiary/aromatic N) is 1. The van der Waals surface area contributed by atoms with Gasteiger partial charge in [0.25, 0.3) is 0 Å². The maximum Gasteiger partial charge on any atom is 0.244 e. The van der Waals surface area contributed by atoms with E-state index in [0.29, 0.717) is 18.0 Å². The van der Waals surface area contributed by atoms with Crippen LogP contribution in [0.5, 0.6) is 11.5 Å². The second-order valence-corrected chi connectivity index (χ2v) is 6.58. The molecule has 2 aromatic carbocycles. The fourth-order valence-electron chi connectivity index (χ4n) is 2.77. The predicted molar refractivity (Wildman–Crippen MR) is 109 cm³/mol. The number of benzene rings is 2. The molecule has 0 aliphatic carbocycles. The Morgan fingerprint density at radius 2 is 1.74 bits per heavy atom. The molecule has 1 amide bonds. The molecule has 5 nitrogen and oxygen atoms in total. The molecule has 0 saturated heterocycles. The third-order valence-electron chi connectivity index (χ3n) is 4.39. The first kappa shape index (κ1) is 20.5. The summed E-state index contributed by atoms with van der Waals surface area (Å²) in [6.07, 6.45) is 3.29. The van der Waals surface area contributed by atoms with E-state index in [2.05, 4.69) is 41.4 Å². The maximum atomic E-state index is 12.2. The van der Waals surface area contributed by atoms with Crippen molar-refractivity contribution in [1.29, 1.82) is 0 Å². The van der Waals surface area contributed by atoms with Crippen LogP contribution in [0.4, 0.5) is 0 Å². The lowest BCUT2D eigenvalue weighted by Gasteiger charge is -2.25. The standard InChI is InChI=1S/C22H28N2O3/c1-16-6-10-18(11-7-16)19(24(2)3)15-23-22(25)13-9-17-8-12-20(26-4)21(14-17)27-5/h6-14,19H,15H2,1-5H3,(H,23,25)/b13-9+. The Morgan fingerprint density at radius 1 is 1.07 bits per heavy atom. The topological polar surface area (TPSA) is 50.8 Å². The van der Waals surface area contributed by atoms with Gasteiger partial charge in [-0.2, -0.15) is 0 Å².